The zero-order valence-corrected chi connectivity index (χ0v) is 9.84. The first kappa shape index (κ1) is 13.0. The van der Waals surface area contributed by atoms with Gasteiger partial charge in [0.15, 0.2) is 0 Å². The normalized spacial score (nSPS) is 8.86. The van der Waals surface area contributed by atoms with Gasteiger partial charge in [-0.2, -0.15) is 0 Å². The van der Waals surface area contributed by atoms with Crippen LogP contribution in [0.4, 0.5) is 0 Å². The van der Waals surface area contributed by atoms with E-state index in [1.54, 1.807) is 0 Å². The molecule has 1 aromatic carbocycles. The average molecular weight is 194 g/mol. The van der Waals surface area contributed by atoms with E-state index in [1.807, 2.05) is 38.1 Å². The van der Waals surface area contributed by atoms with Crippen molar-refractivity contribution in [2.24, 2.45) is 0 Å². The summed E-state index contributed by atoms with van der Waals surface area (Å²) in [6.07, 6.45) is 2.64. The molecule has 0 aliphatic carbocycles. The van der Waals surface area contributed by atoms with Crippen LogP contribution in [0.3, 0.4) is 0 Å². The van der Waals surface area contributed by atoms with E-state index in [2.05, 4.69) is 13.8 Å². The Morgan fingerprint density at radius 2 is 1.57 bits per heavy atom. The van der Waals surface area contributed by atoms with Gasteiger partial charge >= 0.3 is 0 Å². The summed E-state index contributed by atoms with van der Waals surface area (Å²) in [4.78, 5) is 0. The van der Waals surface area contributed by atoms with Crippen LogP contribution >= 0.6 is 0 Å². The fourth-order valence-electron chi connectivity index (χ4n) is 0.874. The maximum atomic E-state index is 5.34. The fourth-order valence-corrected chi connectivity index (χ4v) is 0.874. The third-order valence-corrected chi connectivity index (χ3v) is 1.89. The number of para-hydroxylation sites is 1. The van der Waals surface area contributed by atoms with Crippen molar-refractivity contribution >= 4 is 0 Å². The smallest absolute Gasteiger partial charge is 0.122 e. The molecule has 0 aliphatic rings. The van der Waals surface area contributed by atoms with Crippen molar-refractivity contribution < 1.29 is 4.74 Å². The van der Waals surface area contributed by atoms with E-state index in [4.69, 9.17) is 4.74 Å². The minimum Gasteiger partial charge on any atom is -0.494 e. The standard InChI is InChI=1S/C9H12O.C4H10/c1-3-10-9-7-5-4-6-8(9)2;1-3-4-2/h4-7H,3H2,1-2H3;3-4H2,1-2H3. The number of hydrogen-bond acceptors (Lipinski definition) is 1. The molecule has 1 rings (SSSR count). The molecule has 14 heavy (non-hydrogen) atoms. The maximum absolute atomic E-state index is 5.34. The lowest BCUT2D eigenvalue weighted by atomic mass is 10.2. The molecule has 0 N–H and O–H groups in total. The molecule has 0 saturated heterocycles. The highest BCUT2D eigenvalue weighted by Gasteiger charge is 1.93. The summed E-state index contributed by atoms with van der Waals surface area (Å²) in [6.45, 7) is 9.14. The van der Waals surface area contributed by atoms with Crippen LogP contribution in [0.2, 0.25) is 0 Å². The summed E-state index contributed by atoms with van der Waals surface area (Å²) >= 11 is 0. The lowest BCUT2D eigenvalue weighted by Crippen LogP contribution is -1.92. The maximum Gasteiger partial charge on any atom is 0.122 e. The largest absolute Gasteiger partial charge is 0.494 e. The van der Waals surface area contributed by atoms with E-state index < -0.39 is 0 Å². The molecule has 0 heterocycles. The summed E-state index contributed by atoms with van der Waals surface area (Å²) in [5, 5.41) is 0. The van der Waals surface area contributed by atoms with Gasteiger partial charge in [0.25, 0.3) is 0 Å². The molecule has 0 aromatic heterocycles. The van der Waals surface area contributed by atoms with Gasteiger partial charge in [-0.05, 0) is 25.5 Å². The first-order chi connectivity index (χ1) is 6.76. The molecule has 1 aromatic rings. The Morgan fingerprint density at radius 3 is 2.00 bits per heavy atom. The van der Waals surface area contributed by atoms with E-state index in [9.17, 15) is 0 Å². The number of hydrogen-bond donors (Lipinski definition) is 0. The van der Waals surface area contributed by atoms with Crippen LogP contribution in [0.1, 0.15) is 39.2 Å². The van der Waals surface area contributed by atoms with Gasteiger partial charge in [0, 0.05) is 0 Å². The van der Waals surface area contributed by atoms with E-state index in [-0.39, 0.29) is 0 Å². The van der Waals surface area contributed by atoms with Gasteiger partial charge < -0.3 is 4.74 Å². The van der Waals surface area contributed by atoms with Gasteiger partial charge in [-0.25, -0.2) is 0 Å². The van der Waals surface area contributed by atoms with Crippen LogP contribution in [0, 0.1) is 6.92 Å². The second kappa shape index (κ2) is 8.61. The second-order valence-electron chi connectivity index (χ2n) is 3.20. The van der Waals surface area contributed by atoms with Gasteiger partial charge in [-0.3, -0.25) is 0 Å². The number of benzene rings is 1. The summed E-state index contributed by atoms with van der Waals surface area (Å²) in [5.74, 6) is 0.991. The predicted molar refractivity (Wildman–Crippen MR) is 62.9 cm³/mol. The minimum atomic E-state index is 0.741. The molecule has 0 spiro atoms. The van der Waals surface area contributed by atoms with Gasteiger partial charge in [0.1, 0.15) is 5.75 Å². The van der Waals surface area contributed by atoms with Crippen molar-refractivity contribution in [2.75, 3.05) is 6.61 Å². The Hall–Kier alpha value is -0.980. The van der Waals surface area contributed by atoms with Crippen LogP contribution in [0.15, 0.2) is 24.3 Å². The summed E-state index contributed by atoms with van der Waals surface area (Å²) in [7, 11) is 0. The molecule has 0 radical (unpaired) electrons. The Balaban J connectivity index is 0.000000364. The number of rotatable bonds is 3. The van der Waals surface area contributed by atoms with Gasteiger partial charge in [0.05, 0.1) is 6.61 Å². The molecule has 1 nitrogen and oxygen atoms in total. The molecule has 0 bridgehead atoms. The number of aryl methyl sites for hydroxylation is 1. The van der Waals surface area contributed by atoms with Gasteiger partial charge in [-0.1, -0.05) is 44.9 Å². The SMILES string of the molecule is CCCC.CCOc1ccccc1C. The highest BCUT2D eigenvalue weighted by molar-refractivity contribution is 5.31. The zero-order chi connectivity index (χ0) is 10.8. The van der Waals surface area contributed by atoms with Crippen LogP contribution in [0.25, 0.3) is 0 Å². The predicted octanol–water partition coefficient (Wildman–Crippen LogP) is 4.20. The Morgan fingerprint density at radius 1 is 1.00 bits per heavy atom. The van der Waals surface area contributed by atoms with Crippen LogP contribution in [0.5, 0.6) is 5.75 Å². The molecular weight excluding hydrogens is 172 g/mol. The Bertz CT molecular complexity index is 228. The third-order valence-electron chi connectivity index (χ3n) is 1.89. The molecule has 0 saturated carbocycles. The summed E-state index contributed by atoms with van der Waals surface area (Å²) < 4.78 is 5.34. The van der Waals surface area contributed by atoms with E-state index in [1.165, 1.54) is 18.4 Å². The van der Waals surface area contributed by atoms with Gasteiger partial charge in [-0.15, -0.1) is 0 Å². The lowest BCUT2D eigenvalue weighted by molar-refractivity contribution is 0.338. The van der Waals surface area contributed by atoms with Crippen molar-refractivity contribution in [1.29, 1.82) is 0 Å². The first-order valence-electron chi connectivity index (χ1n) is 5.44. The molecule has 0 atom stereocenters. The first-order valence-corrected chi connectivity index (χ1v) is 5.44. The van der Waals surface area contributed by atoms with Crippen LogP contribution in [-0.4, -0.2) is 6.61 Å². The Labute approximate surface area is 88.1 Å². The Kier molecular flexibility index (Phi) is 8.01. The van der Waals surface area contributed by atoms with Gasteiger partial charge in [0.2, 0.25) is 0 Å². The van der Waals surface area contributed by atoms with Crippen LogP contribution < -0.4 is 4.74 Å². The van der Waals surface area contributed by atoms with Crippen LogP contribution in [-0.2, 0) is 0 Å². The highest BCUT2D eigenvalue weighted by atomic mass is 16.5. The number of unbranched alkanes of at least 4 members (excludes halogenated alkanes) is 1. The lowest BCUT2D eigenvalue weighted by Gasteiger charge is -2.04. The van der Waals surface area contributed by atoms with Crippen molar-refractivity contribution in [1.82, 2.24) is 0 Å². The summed E-state index contributed by atoms with van der Waals surface area (Å²) in [6, 6.07) is 8.03. The highest BCUT2D eigenvalue weighted by Crippen LogP contribution is 2.15. The average Bonchev–Trinajstić information content (AvgIpc) is 2.22. The molecule has 0 aliphatic heterocycles. The molecule has 0 amide bonds. The van der Waals surface area contributed by atoms with Crippen molar-refractivity contribution in [3.05, 3.63) is 29.8 Å². The van der Waals surface area contributed by atoms with Crippen molar-refractivity contribution in [3.63, 3.8) is 0 Å². The second-order valence-corrected chi connectivity index (χ2v) is 3.20. The van der Waals surface area contributed by atoms with Crippen molar-refractivity contribution in [3.8, 4) is 5.75 Å². The molecule has 80 valence electrons. The monoisotopic (exact) mass is 194 g/mol. The topological polar surface area (TPSA) is 9.23 Å². The quantitative estimate of drug-likeness (QED) is 0.700. The molecular formula is C13H22O. The zero-order valence-electron chi connectivity index (χ0n) is 9.84. The van der Waals surface area contributed by atoms with E-state index in [0.717, 1.165) is 12.4 Å². The van der Waals surface area contributed by atoms with E-state index >= 15 is 0 Å². The van der Waals surface area contributed by atoms with Crippen molar-refractivity contribution in [2.45, 2.75) is 40.5 Å². The molecule has 1 heteroatoms. The molecule has 0 unspecified atom stereocenters. The number of ether oxygens (including phenoxy) is 1. The fraction of sp³-hybridized carbons (Fsp3) is 0.538. The van der Waals surface area contributed by atoms with E-state index in [0.29, 0.717) is 0 Å². The molecule has 0 fully saturated rings. The minimum absolute atomic E-state index is 0.741. The summed E-state index contributed by atoms with van der Waals surface area (Å²) in [5.41, 5.74) is 1.20. The third kappa shape index (κ3) is 5.63.